The van der Waals surface area contributed by atoms with E-state index in [0.29, 0.717) is 53.5 Å². The van der Waals surface area contributed by atoms with Crippen LogP contribution >= 0.6 is 0 Å². The highest BCUT2D eigenvalue weighted by Gasteiger charge is 2.13. The van der Waals surface area contributed by atoms with E-state index in [1.807, 2.05) is 24.5 Å². The summed E-state index contributed by atoms with van der Waals surface area (Å²) in [6.07, 6.45) is 1.71. The molecule has 3 heterocycles. The summed E-state index contributed by atoms with van der Waals surface area (Å²) in [7, 11) is 0. The number of benzene rings is 2. The Morgan fingerprint density at radius 2 is 1.65 bits per heavy atom. The van der Waals surface area contributed by atoms with Crippen LogP contribution in [0.25, 0.3) is 5.82 Å². The highest BCUT2D eigenvalue weighted by molar-refractivity contribution is 5.99. The third kappa shape index (κ3) is 4.60. The monoisotopic (exact) mass is 458 g/mol. The smallest absolute Gasteiger partial charge is 0.323 e. The molecule has 0 fully saturated rings. The summed E-state index contributed by atoms with van der Waals surface area (Å²) >= 11 is 0. The maximum Gasteiger partial charge on any atom is 0.323 e. The van der Waals surface area contributed by atoms with Crippen LogP contribution in [0, 0.1) is 13.8 Å². The summed E-state index contributed by atoms with van der Waals surface area (Å²) in [6.45, 7) is 4.91. The zero-order valence-corrected chi connectivity index (χ0v) is 18.6. The number of nitrogens with zero attached hydrogens (tertiary/aromatic N) is 4. The molecule has 2 aromatic heterocycles. The second-order valence-electron chi connectivity index (χ2n) is 7.58. The molecule has 0 radical (unpaired) electrons. The van der Waals surface area contributed by atoms with Crippen molar-refractivity contribution in [1.29, 1.82) is 0 Å². The molecule has 0 bridgehead atoms. The summed E-state index contributed by atoms with van der Waals surface area (Å²) in [5.41, 5.74) is 3.15. The van der Waals surface area contributed by atoms with Crippen LogP contribution in [-0.4, -0.2) is 39.0 Å². The van der Waals surface area contributed by atoms with Gasteiger partial charge >= 0.3 is 6.03 Å². The van der Waals surface area contributed by atoms with Crippen LogP contribution in [0.15, 0.2) is 60.9 Å². The average Bonchev–Trinajstić information content (AvgIpc) is 3.19. The summed E-state index contributed by atoms with van der Waals surface area (Å²) in [6, 6.07) is 15.4. The van der Waals surface area contributed by atoms with Crippen molar-refractivity contribution in [1.82, 2.24) is 19.7 Å². The topological polar surface area (TPSA) is 112 Å². The van der Waals surface area contributed by atoms with E-state index in [1.54, 1.807) is 54.9 Å². The number of hydrogen-bond acceptors (Lipinski definition) is 7. The van der Waals surface area contributed by atoms with Crippen molar-refractivity contribution in [3.8, 4) is 28.9 Å². The van der Waals surface area contributed by atoms with Crippen molar-refractivity contribution < 1.29 is 19.0 Å². The van der Waals surface area contributed by atoms with Crippen LogP contribution in [-0.2, 0) is 0 Å². The Morgan fingerprint density at radius 1 is 0.912 bits per heavy atom. The number of rotatable bonds is 5. The fourth-order valence-electron chi connectivity index (χ4n) is 3.37. The predicted molar refractivity (Wildman–Crippen MR) is 125 cm³/mol. The fourth-order valence-corrected chi connectivity index (χ4v) is 3.37. The molecule has 2 N–H and O–H groups in total. The van der Waals surface area contributed by atoms with Crippen molar-refractivity contribution in [3.63, 3.8) is 0 Å². The van der Waals surface area contributed by atoms with E-state index in [1.165, 1.54) is 0 Å². The molecule has 0 aliphatic carbocycles. The van der Waals surface area contributed by atoms with Crippen molar-refractivity contribution in [2.45, 2.75) is 13.8 Å². The van der Waals surface area contributed by atoms with Gasteiger partial charge in [0.05, 0.1) is 5.69 Å². The minimum atomic E-state index is -0.378. The van der Waals surface area contributed by atoms with Gasteiger partial charge in [0.2, 0.25) is 5.88 Å². The number of urea groups is 1. The largest absolute Gasteiger partial charge is 0.486 e. The molecule has 1 aliphatic rings. The van der Waals surface area contributed by atoms with Crippen LogP contribution < -0.4 is 24.8 Å². The van der Waals surface area contributed by atoms with Gasteiger partial charge < -0.3 is 24.8 Å². The van der Waals surface area contributed by atoms with E-state index >= 15 is 0 Å². The SMILES string of the molecule is Cc1ncn(-c2ccc(Oc3ccc(NC(=O)Nc4ccc5c(c4)OCCO5)cc3)nn2)c1C. The number of amides is 2. The van der Waals surface area contributed by atoms with E-state index in [0.717, 1.165) is 11.4 Å². The Morgan fingerprint density at radius 3 is 2.35 bits per heavy atom. The fraction of sp³-hybridized carbons (Fsp3) is 0.167. The van der Waals surface area contributed by atoms with Crippen LogP contribution in [0.2, 0.25) is 0 Å². The average molecular weight is 458 g/mol. The number of carbonyl (C=O) groups is 1. The number of anilines is 2. The maximum atomic E-state index is 12.3. The Bertz CT molecular complexity index is 1320. The summed E-state index contributed by atoms with van der Waals surface area (Å²) in [4.78, 5) is 16.6. The van der Waals surface area contributed by atoms with Gasteiger partial charge in [-0.2, -0.15) is 0 Å². The zero-order valence-electron chi connectivity index (χ0n) is 18.6. The number of ether oxygens (including phenoxy) is 3. The van der Waals surface area contributed by atoms with Crippen molar-refractivity contribution in [2.24, 2.45) is 0 Å². The first kappa shape index (κ1) is 21.3. The molecule has 172 valence electrons. The first-order valence-electron chi connectivity index (χ1n) is 10.7. The van der Waals surface area contributed by atoms with Crippen LogP contribution in [0.5, 0.6) is 23.1 Å². The summed E-state index contributed by atoms with van der Waals surface area (Å²) in [5.74, 6) is 2.86. The molecule has 2 amide bonds. The van der Waals surface area contributed by atoms with Gasteiger partial charge in [0.15, 0.2) is 17.3 Å². The molecule has 5 rings (SSSR count). The lowest BCUT2D eigenvalue weighted by molar-refractivity contribution is 0.171. The molecule has 0 spiro atoms. The number of aromatic nitrogens is 4. The van der Waals surface area contributed by atoms with Crippen LogP contribution in [0.1, 0.15) is 11.4 Å². The molecule has 0 saturated carbocycles. The Balaban J connectivity index is 1.18. The minimum absolute atomic E-state index is 0.357. The number of hydrogen-bond donors (Lipinski definition) is 2. The molecule has 0 unspecified atom stereocenters. The molecule has 0 atom stereocenters. The molecule has 2 aromatic carbocycles. The molecular weight excluding hydrogens is 436 g/mol. The first-order valence-corrected chi connectivity index (χ1v) is 10.7. The Kier molecular flexibility index (Phi) is 5.69. The van der Waals surface area contributed by atoms with Gasteiger partial charge in [-0.1, -0.05) is 0 Å². The molecule has 10 nitrogen and oxygen atoms in total. The predicted octanol–water partition coefficient (Wildman–Crippen LogP) is 4.49. The number of aryl methyl sites for hydroxylation is 1. The van der Waals surface area contributed by atoms with Gasteiger partial charge in [0.25, 0.3) is 0 Å². The maximum absolute atomic E-state index is 12.3. The van der Waals surface area contributed by atoms with Gasteiger partial charge in [-0.25, -0.2) is 9.78 Å². The lowest BCUT2D eigenvalue weighted by atomic mass is 10.2. The van der Waals surface area contributed by atoms with Gasteiger partial charge in [0.1, 0.15) is 25.3 Å². The highest BCUT2D eigenvalue weighted by Crippen LogP contribution is 2.32. The van der Waals surface area contributed by atoms with Gasteiger partial charge in [0, 0.05) is 29.2 Å². The van der Waals surface area contributed by atoms with Gasteiger partial charge in [-0.05, 0) is 56.3 Å². The van der Waals surface area contributed by atoms with E-state index in [9.17, 15) is 4.79 Å². The molecule has 34 heavy (non-hydrogen) atoms. The Labute approximate surface area is 195 Å². The van der Waals surface area contributed by atoms with Crippen LogP contribution in [0.4, 0.5) is 16.2 Å². The third-order valence-corrected chi connectivity index (χ3v) is 5.26. The molecule has 10 heteroatoms. The quantitative estimate of drug-likeness (QED) is 0.453. The summed E-state index contributed by atoms with van der Waals surface area (Å²) in [5, 5.41) is 13.9. The minimum Gasteiger partial charge on any atom is -0.486 e. The number of carbonyl (C=O) groups excluding carboxylic acids is 1. The Hall–Kier alpha value is -4.60. The lowest BCUT2D eigenvalue weighted by Crippen LogP contribution is -2.20. The first-order chi connectivity index (χ1) is 16.5. The summed E-state index contributed by atoms with van der Waals surface area (Å²) < 4.78 is 18.6. The zero-order chi connectivity index (χ0) is 23.5. The second kappa shape index (κ2) is 9.10. The van der Waals surface area contributed by atoms with Gasteiger partial charge in [-0.3, -0.25) is 4.57 Å². The molecule has 1 aliphatic heterocycles. The normalized spacial score (nSPS) is 12.2. The number of fused-ring (bicyclic) bond motifs is 1. The third-order valence-electron chi connectivity index (χ3n) is 5.26. The second-order valence-corrected chi connectivity index (χ2v) is 7.58. The van der Waals surface area contributed by atoms with Crippen molar-refractivity contribution >= 4 is 17.4 Å². The number of imidazole rings is 1. The van der Waals surface area contributed by atoms with Gasteiger partial charge in [-0.15, -0.1) is 10.2 Å². The molecule has 4 aromatic rings. The van der Waals surface area contributed by atoms with E-state index in [2.05, 4.69) is 25.8 Å². The highest BCUT2D eigenvalue weighted by atomic mass is 16.6. The van der Waals surface area contributed by atoms with E-state index < -0.39 is 0 Å². The van der Waals surface area contributed by atoms with E-state index in [-0.39, 0.29) is 6.03 Å². The lowest BCUT2D eigenvalue weighted by Gasteiger charge is -2.19. The molecule has 0 saturated heterocycles. The number of nitrogens with one attached hydrogen (secondary N) is 2. The van der Waals surface area contributed by atoms with Crippen LogP contribution in [0.3, 0.4) is 0 Å². The molecular formula is C24H22N6O4. The van der Waals surface area contributed by atoms with E-state index in [4.69, 9.17) is 14.2 Å². The van der Waals surface area contributed by atoms with Crippen molar-refractivity contribution in [3.05, 3.63) is 72.3 Å². The standard InChI is InChI=1S/C24H22N6O4/c1-15-16(2)30(14-25-15)22-9-10-23(29-28-22)34-19-6-3-17(4-7-19)26-24(31)27-18-5-8-20-21(13-18)33-12-11-32-20/h3-10,13-14H,11-12H2,1-2H3,(H2,26,27,31). The van der Waals surface area contributed by atoms with Crippen molar-refractivity contribution in [2.75, 3.05) is 23.8 Å².